The number of carbonyl (C=O) groups excluding carboxylic acids is 1. The molecule has 0 spiro atoms. The number of hydrogen-bond acceptors (Lipinski definition) is 1. The number of amides is 1. The van der Waals surface area contributed by atoms with E-state index in [0.717, 1.165) is 15.9 Å². The Morgan fingerprint density at radius 1 is 0.690 bits per heavy atom. The molecule has 0 aliphatic heterocycles. The molecule has 0 radical (unpaired) electrons. The second kappa shape index (κ2) is 8.38. The molecular weight excluding hydrogens is 375 g/mol. The molecular formula is C25H22N2OP+. The van der Waals surface area contributed by atoms with Gasteiger partial charge in [0.25, 0.3) is 5.91 Å². The molecule has 4 aromatic rings. The Bertz CT molecular complexity index is 1070. The van der Waals surface area contributed by atoms with Gasteiger partial charge in [0.1, 0.15) is 12.6 Å². The predicted octanol–water partition coefficient (Wildman–Crippen LogP) is 3.83. The van der Waals surface area contributed by atoms with Gasteiger partial charge in [0.15, 0.2) is 12.4 Å². The van der Waals surface area contributed by atoms with Gasteiger partial charge in [-0.2, -0.15) is 0 Å². The first-order chi connectivity index (χ1) is 14.2. The van der Waals surface area contributed by atoms with Crippen LogP contribution in [0.1, 0.15) is 10.4 Å². The number of aromatic nitrogens is 1. The lowest BCUT2D eigenvalue weighted by Crippen LogP contribution is -2.28. The lowest BCUT2D eigenvalue weighted by molar-refractivity contribution is -0.671. The summed E-state index contributed by atoms with van der Waals surface area (Å²) in [5, 5.41) is 3.18. The highest BCUT2D eigenvalue weighted by Gasteiger charge is 2.29. The Labute approximate surface area is 171 Å². The van der Waals surface area contributed by atoms with Gasteiger partial charge in [-0.15, -0.1) is 0 Å². The monoisotopic (exact) mass is 397 g/mol. The van der Waals surface area contributed by atoms with E-state index < -0.39 is 7.05 Å². The van der Waals surface area contributed by atoms with Crippen molar-refractivity contribution < 1.29 is 9.36 Å². The van der Waals surface area contributed by atoms with Crippen molar-refractivity contribution >= 4 is 28.9 Å². The maximum atomic E-state index is 13.4. The van der Waals surface area contributed by atoms with Crippen LogP contribution in [0.5, 0.6) is 0 Å². The summed E-state index contributed by atoms with van der Waals surface area (Å²) in [4.78, 5) is 13.4. The van der Waals surface area contributed by atoms with Crippen LogP contribution in [0.15, 0.2) is 120 Å². The van der Waals surface area contributed by atoms with Crippen molar-refractivity contribution in [2.75, 3.05) is 0 Å². The molecule has 142 valence electrons. The Balaban J connectivity index is 2.07. The normalized spacial score (nSPS) is 11.1. The van der Waals surface area contributed by atoms with Crippen LogP contribution in [0.2, 0.25) is 0 Å². The maximum Gasteiger partial charge on any atom is 0.282 e. The van der Waals surface area contributed by atoms with E-state index in [4.69, 9.17) is 4.74 Å². The van der Waals surface area contributed by atoms with E-state index in [0.29, 0.717) is 5.56 Å². The van der Waals surface area contributed by atoms with Crippen LogP contribution in [0.4, 0.5) is 0 Å². The van der Waals surface area contributed by atoms with Gasteiger partial charge in [-0.25, -0.2) is 9.31 Å². The van der Waals surface area contributed by atoms with E-state index >= 15 is 0 Å². The predicted molar refractivity (Wildman–Crippen MR) is 120 cm³/mol. The molecule has 0 fully saturated rings. The minimum Gasteiger partial charge on any atom is -0.267 e. The number of nitrogens with zero attached hydrogens (tertiary/aromatic N) is 2. The van der Waals surface area contributed by atoms with E-state index in [1.165, 1.54) is 0 Å². The molecule has 0 saturated carbocycles. The molecule has 1 heterocycles. The van der Waals surface area contributed by atoms with E-state index in [-0.39, 0.29) is 5.91 Å². The van der Waals surface area contributed by atoms with Crippen LogP contribution in [0, 0.1) is 0 Å². The largest absolute Gasteiger partial charge is 0.282 e. The highest BCUT2D eigenvalue weighted by Crippen LogP contribution is 2.46. The van der Waals surface area contributed by atoms with Crippen LogP contribution < -0.4 is 20.5 Å². The van der Waals surface area contributed by atoms with Crippen molar-refractivity contribution in [3.05, 3.63) is 121 Å². The average molecular weight is 397 g/mol. The molecule has 1 amide bonds. The smallest absolute Gasteiger partial charge is 0.267 e. The van der Waals surface area contributed by atoms with Crippen LogP contribution in [0.25, 0.3) is 0 Å². The fraction of sp³-hybridized carbons (Fsp3) is 0.0400. The molecule has 0 N–H and O–H groups in total. The number of hydrogen-bond donors (Lipinski definition) is 0. The van der Waals surface area contributed by atoms with Gasteiger partial charge in [0, 0.05) is 22.0 Å². The Morgan fingerprint density at radius 3 is 1.55 bits per heavy atom. The standard InChI is InChI=1S/C25H22N2OP/c1-27-19-11-12-21(20-27)25(28)26-29(22-13-5-2-6-14-22,23-15-7-3-8-16-23)24-17-9-4-10-18-24/h2-20H,1H3/q+1. The highest BCUT2D eigenvalue weighted by atomic mass is 31.2. The van der Waals surface area contributed by atoms with Gasteiger partial charge in [-0.3, -0.25) is 4.79 Å². The van der Waals surface area contributed by atoms with Crippen LogP contribution in [-0.2, 0) is 7.05 Å². The molecule has 4 rings (SSSR count). The fourth-order valence-corrected chi connectivity index (χ4v) is 6.90. The average Bonchev–Trinajstić information content (AvgIpc) is 2.79. The van der Waals surface area contributed by atoms with Crippen molar-refractivity contribution in [1.82, 2.24) is 0 Å². The van der Waals surface area contributed by atoms with Crippen molar-refractivity contribution in [1.29, 1.82) is 0 Å². The summed E-state index contributed by atoms with van der Waals surface area (Å²) in [7, 11) is -0.616. The molecule has 0 unspecified atom stereocenters. The van der Waals surface area contributed by atoms with Gasteiger partial charge >= 0.3 is 0 Å². The molecule has 0 bridgehead atoms. The number of pyridine rings is 1. The minimum absolute atomic E-state index is 0.203. The first kappa shape index (κ1) is 19.0. The SMILES string of the molecule is C[n+]1cccc(C(=O)N=P(c2ccccc2)(c2ccccc2)c2ccccc2)c1. The van der Waals surface area contributed by atoms with Crippen LogP contribution in [-0.4, -0.2) is 5.91 Å². The molecule has 3 aromatic carbocycles. The fourth-order valence-electron chi connectivity index (χ4n) is 3.46. The topological polar surface area (TPSA) is 33.3 Å². The molecule has 0 saturated heterocycles. The minimum atomic E-state index is -2.52. The number of carbonyl (C=O) groups is 1. The Morgan fingerprint density at radius 2 is 1.14 bits per heavy atom. The third kappa shape index (κ3) is 3.83. The maximum absolute atomic E-state index is 13.4. The van der Waals surface area contributed by atoms with Crippen molar-refractivity contribution in [2.45, 2.75) is 0 Å². The molecule has 4 heteroatoms. The van der Waals surface area contributed by atoms with Crippen molar-refractivity contribution in [3.63, 3.8) is 0 Å². The van der Waals surface area contributed by atoms with Gasteiger partial charge in [-0.1, -0.05) is 91.0 Å². The lowest BCUT2D eigenvalue weighted by Gasteiger charge is -2.26. The van der Waals surface area contributed by atoms with Crippen molar-refractivity contribution in [2.24, 2.45) is 11.8 Å². The van der Waals surface area contributed by atoms with E-state index in [9.17, 15) is 4.79 Å². The number of benzene rings is 3. The summed E-state index contributed by atoms with van der Waals surface area (Å²) in [6.07, 6.45) is 3.73. The van der Waals surface area contributed by atoms with Gasteiger partial charge < -0.3 is 0 Å². The molecule has 29 heavy (non-hydrogen) atoms. The summed E-state index contributed by atoms with van der Waals surface area (Å²) in [6, 6.07) is 34.2. The lowest BCUT2D eigenvalue weighted by atomic mass is 10.3. The van der Waals surface area contributed by atoms with E-state index in [1.54, 1.807) is 0 Å². The van der Waals surface area contributed by atoms with Crippen molar-refractivity contribution in [3.8, 4) is 0 Å². The zero-order valence-electron chi connectivity index (χ0n) is 16.2. The third-order valence-electron chi connectivity index (χ3n) is 4.82. The third-order valence-corrected chi connectivity index (χ3v) is 8.44. The summed E-state index contributed by atoms with van der Waals surface area (Å²) in [5.74, 6) is -0.203. The Hall–Kier alpha value is -3.29. The molecule has 0 atom stereocenters. The summed E-state index contributed by atoms with van der Waals surface area (Å²) in [5.41, 5.74) is 0.585. The van der Waals surface area contributed by atoms with Gasteiger partial charge in [-0.05, 0) is 6.07 Å². The molecule has 0 aliphatic rings. The van der Waals surface area contributed by atoms with Crippen LogP contribution in [0.3, 0.4) is 0 Å². The summed E-state index contributed by atoms with van der Waals surface area (Å²) >= 11 is 0. The zero-order chi connectivity index (χ0) is 20.1. The number of aryl methyl sites for hydroxylation is 1. The number of rotatable bonds is 4. The highest BCUT2D eigenvalue weighted by molar-refractivity contribution is 7.87. The summed E-state index contributed by atoms with van der Waals surface area (Å²) in [6.45, 7) is 0. The molecule has 3 nitrogen and oxygen atoms in total. The van der Waals surface area contributed by atoms with Gasteiger partial charge in [0.05, 0.1) is 7.05 Å². The van der Waals surface area contributed by atoms with E-state index in [1.807, 2.05) is 90.7 Å². The first-order valence-corrected chi connectivity index (χ1v) is 11.2. The second-order valence-corrected chi connectivity index (χ2v) is 9.83. The first-order valence-electron chi connectivity index (χ1n) is 9.49. The molecule has 0 aliphatic carbocycles. The van der Waals surface area contributed by atoms with Gasteiger partial charge in [0.2, 0.25) is 0 Å². The zero-order valence-corrected chi connectivity index (χ0v) is 17.1. The summed E-state index contributed by atoms with van der Waals surface area (Å²) < 4.78 is 6.86. The quantitative estimate of drug-likeness (QED) is 0.381. The second-order valence-electron chi connectivity index (χ2n) is 6.81. The van der Waals surface area contributed by atoms with E-state index in [2.05, 4.69) is 36.4 Å². The molecule has 1 aromatic heterocycles. The Kier molecular flexibility index (Phi) is 5.50. The van der Waals surface area contributed by atoms with Crippen LogP contribution >= 0.6 is 7.05 Å².